The zero-order valence-corrected chi connectivity index (χ0v) is 8.86. The largest absolute Gasteiger partial charge is 0.192 e. The SMILES string of the molecule is N#CC1=CCCc2cc(Cl)c(Cl)cc21. The lowest BCUT2D eigenvalue weighted by molar-refractivity contribution is 0.980. The van der Waals surface area contributed by atoms with Crippen LogP contribution in [-0.2, 0) is 6.42 Å². The van der Waals surface area contributed by atoms with Gasteiger partial charge in [-0.2, -0.15) is 5.26 Å². The zero-order valence-electron chi connectivity index (χ0n) is 7.35. The van der Waals surface area contributed by atoms with Gasteiger partial charge in [0.05, 0.1) is 21.7 Å². The Labute approximate surface area is 92.6 Å². The predicted molar refractivity (Wildman–Crippen MR) is 58.4 cm³/mol. The first-order chi connectivity index (χ1) is 6.72. The van der Waals surface area contributed by atoms with Crippen LogP contribution in [0.1, 0.15) is 17.5 Å². The van der Waals surface area contributed by atoms with Gasteiger partial charge in [0.25, 0.3) is 0 Å². The molecule has 0 bridgehead atoms. The summed E-state index contributed by atoms with van der Waals surface area (Å²) in [5, 5.41) is 9.97. The molecule has 1 aliphatic rings. The van der Waals surface area contributed by atoms with Gasteiger partial charge in [-0.25, -0.2) is 0 Å². The summed E-state index contributed by atoms with van der Waals surface area (Å²) in [6.45, 7) is 0. The van der Waals surface area contributed by atoms with Crippen LogP contribution in [0.2, 0.25) is 10.0 Å². The first-order valence-corrected chi connectivity index (χ1v) is 5.06. The number of benzene rings is 1. The maximum absolute atomic E-state index is 8.90. The highest BCUT2D eigenvalue weighted by molar-refractivity contribution is 6.42. The minimum atomic E-state index is 0.508. The molecule has 0 atom stereocenters. The molecule has 14 heavy (non-hydrogen) atoms. The Balaban J connectivity index is 2.63. The van der Waals surface area contributed by atoms with E-state index in [0.717, 1.165) is 24.0 Å². The molecule has 0 N–H and O–H groups in total. The summed E-state index contributed by atoms with van der Waals surface area (Å²) in [6, 6.07) is 5.79. The predicted octanol–water partition coefficient (Wildman–Crippen LogP) is 3.85. The van der Waals surface area contributed by atoms with Crippen molar-refractivity contribution in [2.24, 2.45) is 0 Å². The molecule has 0 radical (unpaired) electrons. The molecule has 0 fully saturated rings. The molecule has 0 aromatic heterocycles. The maximum atomic E-state index is 8.90. The Morgan fingerprint density at radius 2 is 1.93 bits per heavy atom. The lowest BCUT2D eigenvalue weighted by atomic mass is 9.91. The highest BCUT2D eigenvalue weighted by atomic mass is 35.5. The summed E-state index contributed by atoms with van der Waals surface area (Å²) in [4.78, 5) is 0. The van der Waals surface area contributed by atoms with Crippen LogP contribution in [0.25, 0.3) is 5.57 Å². The lowest BCUT2D eigenvalue weighted by Gasteiger charge is -2.14. The monoisotopic (exact) mass is 223 g/mol. The fourth-order valence-electron chi connectivity index (χ4n) is 1.63. The van der Waals surface area contributed by atoms with E-state index in [1.54, 1.807) is 6.07 Å². The summed E-state index contributed by atoms with van der Waals surface area (Å²) in [7, 11) is 0. The second kappa shape index (κ2) is 3.65. The highest BCUT2D eigenvalue weighted by Crippen LogP contribution is 2.33. The van der Waals surface area contributed by atoms with E-state index >= 15 is 0 Å². The van der Waals surface area contributed by atoms with Crippen LogP contribution in [0.5, 0.6) is 0 Å². The van der Waals surface area contributed by atoms with Gasteiger partial charge in [0.1, 0.15) is 0 Å². The molecule has 70 valence electrons. The van der Waals surface area contributed by atoms with Crippen molar-refractivity contribution < 1.29 is 0 Å². The number of aryl methyl sites for hydroxylation is 1. The van der Waals surface area contributed by atoms with Crippen LogP contribution in [0, 0.1) is 11.3 Å². The Morgan fingerprint density at radius 3 is 2.64 bits per heavy atom. The van der Waals surface area contributed by atoms with E-state index < -0.39 is 0 Å². The summed E-state index contributed by atoms with van der Waals surface area (Å²) < 4.78 is 0. The standard InChI is InChI=1S/C11H7Cl2N/c12-10-4-7-2-1-3-8(6-14)9(7)5-11(10)13/h3-5H,1-2H2. The average Bonchev–Trinajstić information content (AvgIpc) is 2.19. The van der Waals surface area contributed by atoms with Crippen molar-refractivity contribution in [1.82, 2.24) is 0 Å². The van der Waals surface area contributed by atoms with Crippen LogP contribution < -0.4 is 0 Å². The fourth-order valence-corrected chi connectivity index (χ4v) is 1.98. The molecular formula is C11H7Cl2N. The van der Waals surface area contributed by atoms with E-state index in [1.165, 1.54) is 0 Å². The normalized spacial score (nSPS) is 14.2. The van der Waals surface area contributed by atoms with E-state index in [0.29, 0.717) is 15.6 Å². The third-order valence-electron chi connectivity index (χ3n) is 2.32. The van der Waals surface area contributed by atoms with Gasteiger partial charge < -0.3 is 0 Å². The van der Waals surface area contributed by atoms with Crippen LogP contribution in [0.3, 0.4) is 0 Å². The molecule has 0 saturated carbocycles. The van der Waals surface area contributed by atoms with Gasteiger partial charge in [-0.1, -0.05) is 29.3 Å². The Kier molecular flexibility index (Phi) is 2.50. The van der Waals surface area contributed by atoms with Crippen molar-refractivity contribution >= 4 is 28.8 Å². The third-order valence-corrected chi connectivity index (χ3v) is 3.04. The highest BCUT2D eigenvalue weighted by Gasteiger charge is 2.14. The van der Waals surface area contributed by atoms with Gasteiger partial charge in [0, 0.05) is 0 Å². The van der Waals surface area contributed by atoms with Gasteiger partial charge in [-0.3, -0.25) is 0 Å². The van der Waals surface area contributed by atoms with Crippen molar-refractivity contribution in [2.75, 3.05) is 0 Å². The number of allylic oxidation sites excluding steroid dienone is 2. The number of nitrogens with zero attached hydrogens (tertiary/aromatic N) is 1. The fraction of sp³-hybridized carbons (Fsp3) is 0.182. The molecule has 0 heterocycles. The van der Waals surface area contributed by atoms with Gasteiger partial charge in [-0.05, 0) is 36.1 Å². The summed E-state index contributed by atoms with van der Waals surface area (Å²) in [5.41, 5.74) is 2.73. The second-order valence-corrected chi connectivity index (χ2v) is 4.01. The molecule has 0 spiro atoms. The number of nitriles is 1. The molecular weight excluding hydrogens is 217 g/mol. The topological polar surface area (TPSA) is 23.8 Å². The molecule has 0 unspecified atom stereocenters. The zero-order chi connectivity index (χ0) is 10.1. The van der Waals surface area contributed by atoms with E-state index in [1.807, 2.05) is 12.1 Å². The molecule has 1 aromatic carbocycles. The summed E-state index contributed by atoms with van der Waals surface area (Å²) in [6.07, 6.45) is 3.76. The van der Waals surface area contributed by atoms with Crippen LogP contribution in [0.15, 0.2) is 18.2 Å². The number of halogens is 2. The van der Waals surface area contributed by atoms with E-state index in [4.69, 9.17) is 28.5 Å². The van der Waals surface area contributed by atoms with Crippen molar-refractivity contribution in [3.63, 3.8) is 0 Å². The smallest absolute Gasteiger partial charge is 0.0994 e. The van der Waals surface area contributed by atoms with Gasteiger partial charge in [-0.15, -0.1) is 0 Å². The average molecular weight is 224 g/mol. The molecule has 0 saturated heterocycles. The molecule has 0 amide bonds. The number of hydrogen-bond acceptors (Lipinski definition) is 1. The van der Waals surface area contributed by atoms with Crippen LogP contribution in [0.4, 0.5) is 0 Å². The minimum absolute atomic E-state index is 0.508. The quantitative estimate of drug-likeness (QED) is 0.656. The van der Waals surface area contributed by atoms with E-state index in [2.05, 4.69) is 6.07 Å². The molecule has 3 heteroatoms. The van der Waals surface area contributed by atoms with Crippen LogP contribution >= 0.6 is 23.2 Å². The summed E-state index contributed by atoms with van der Waals surface area (Å²) >= 11 is 11.8. The van der Waals surface area contributed by atoms with E-state index in [-0.39, 0.29) is 0 Å². The Bertz CT molecular complexity index is 455. The Hall–Kier alpha value is -0.970. The van der Waals surface area contributed by atoms with Crippen molar-refractivity contribution in [3.8, 4) is 6.07 Å². The van der Waals surface area contributed by atoms with Crippen molar-refractivity contribution in [3.05, 3.63) is 39.4 Å². The van der Waals surface area contributed by atoms with Crippen molar-refractivity contribution in [1.29, 1.82) is 5.26 Å². The van der Waals surface area contributed by atoms with Gasteiger partial charge >= 0.3 is 0 Å². The Morgan fingerprint density at radius 1 is 1.21 bits per heavy atom. The van der Waals surface area contributed by atoms with Gasteiger partial charge in [0.2, 0.25) is 0 Å². The van der Waals surface area contributed by atoms with Gasteiger partial charge in [0.15, 0.2) is 0 Å². The lowest BCUT2D eigenvalue weighted by Crippen LogP contribution is -1.98. The minimum Gasteiger partial charge on any atom is -0.192 e. The first-order valence-electron chi connectivity index (χ1n) is 4.31. The third kappa shape index (κ3) is 1.52. The summed E-state index contributed by atoms with van der Waals surface area (Å²) in [5.74, 6) is 0. The number of hydrogen-bond donors (Lipinski definition) is 0. The van der Waals surface area contributed by atoms with E-state index in [9.17, 15) is 0 Å². The van der Waals surface area contributed by atoms with Crippen LogP contribution in [-0.4, -0.2) is 0 Å². The molecule has 1 nitrogen and oxygen atoms in total. The number of rotatable bonds is 0. The molecule has 1 aliphatic carbocycles. The molecule has 0 aliphatic heterocycles. The number of fused-ring (bicyclic) bond motifs is 1. The molecule has 1 aromatic rings. The molecule has 2 rings (SSSR count). The maximum Gasteiger partial charge on any atom is 0.0994 e. The van der Waals surface area contributed by atoms with Crippen molar-refractivity contribution in [2.45, 2.75) is 12.8 Å². The first kappa shape index (κ1) is 9.58. The second-order valence-electron chi connectivity index (χ2n) is 3.19.